The number of piperidine rings is 1. The molecular weight excluding hydrogens is 486 g/mol. The normalized spacial score (nSPS) is 15.4. The predicted molar refractivity (Wildman–Crippen MR) is 151 cm³/mol. The van der Waals surface area contributed by atoms with Crippen LogP contribution in [0.1, 0.15) is 47.4 Å². The Hall–Kier alpha value is -4.30. The number of amides is 1. The van der Waals surface area contributed by atoms with Crippen molar-refractivity contribution in [3.8, 4) is 0 Å². The number of aromatic nitrogens is 5. The van der Waals surface area contributed by atoms with Gasteiger partial charge in [0.15, 0.2) is 5.82 Å². The molecule has 0 aliphatic carbocycles. The number of carbonyl (C=O) groups excluding carboxylic acids is 1. The number of pyridine rings is 1. The second kappa shape index (κ2) is 11.6. The average molecular weight is 519 g/mol. The van der Waals surface area contributed by atoms with Crippen LogP contribution in [0.25, 0.3) is 10.9 Å². The van der Waals surface area contributed by atoms with Crippen LogP contribution in [0.2, 0.25) is 0 Å². The molecule has 3 aromatic heterocycles. The summed E-state index contributed by atoms with van der Waals surface area (Å²) in [5.41, 5.74) is 4.57. The smallest absolute Gasteiger partial charge is 0.309 e. The van der Waals surface area contributed by atoms with E-state index in [0.29, 0.717) is 13.0 Å². The third-order valence-corrected chi connectivity index (χ3v) is 7.73. The largest absolute Gasteiger partial charge is 0.361 e. The summed E-state index contributed by atoms with van der Waals surface area (Å²) >= 11 is 0. The van der Waals surface area contributed by atoms with Crippen LogP contribution in [0.4, 0.5) is 0 Å². The number of nitrogens with zero attached hydrogens (tertiary/aromatic N) is 5. The molecule has 1 aliphatic heterocycles. The maximum Gasteiger partial charge on any atom is 0.309 e. The highest BCUT2D eigenvalue weighted by Crippen LogP contribution is 2.31. The van der Waals surface area contributed by atoms with Gasteiger partial charge in [0.25, 0.3) is 0 Å². The molecular formula is C31H32N7O. The SMILES string of the molecule is O=[C]NC1CCN([C@H](Cc2c[nH]c3ccccc23)c2nnc(Cc3ccccc3)n2Cc2ccccn2)CC1. The standard InChI is InChI=1S/C31H32N7O/c39-22-34-25-13-16-37(17-14-25)29(19-24-20-33-28-12-5-4-11-27(24)28)31-36-35-30(18-23-8-2-1-3-9-23)38(31)21-26-10-6-7-15-32-26/h1-12,15,20,25,29,33H,13-14,16-19,21H2,(H,34,39)/t29-/m1/s1. The minimum absolute atomic E-state index is 0.0195. The summed E-state index contributed by atoms with van der Waals surface area (Å²) in [4.78, 5) is 21.5. The van der Waals surface area contributed by atoms with E-state index in [4.69, 9.17) is 10.2 Å². The molecule has 1 fully saturated rings. The van der Waals surface area contributed by atoms with Gasteiger partial charge in [0.05, 0.1) is 18.3 Å². The van der Waals surface area contributed by atoms with Gasteiger partial charge in [0, 0.05) is 48.8 Å². The highest BCUT2D eigenvalue weighted by Gasteiger charge is 2.31. The lowest BCUT2D eigenvalue weighted by molar-refractivity contribution is 0.139. The minimum Gasteiger partial charge on any atom is -0.361 e. The predicted octanol–water partition coefficient (Wildman–Crippen LogP) is 4.20. The van der Waals surface area contributed by atoms with E-state index in [1.165, 1.54) is 16.5 Å². The zero-order valence-corrected chi connectivity index (χ0v) is 21.8. The third-order valence-electron chi connectivity index (χ3n) is 7.73. The monoisotopic (exact) mass is 518 g/mol. The Bertz CT molecular complexity index is 1500. The van der Waals surface area contributed by atoms with Crippen molar-refractivity contribution in [3.05, 3.63) is 114 Å². The molecule has 8 heteroatoms. The zero-order valence-electron chi connectivity index (χ0n) is 21.8. The molecule has 8 nitrogen and oxygen atoms in total. The van der Waals surface area contributed by atoms with Crippen molar-refractivity contribution in [1.29, 1.82) is 0 Å². The van der Waals surface area contributed by atoms with Crippen LogP contribution in [0.15, 0.2) is 85.2 Å². The molecule has 39 heavy (non-hydrogen) atoms. The summed E-state index contributed by atoms with van der Waals surface area (Å²) in [5.74, 6) is 1.88. The fraction of sp³-hybridized carbons (Fsp3) is 0.290. The minimum atomic E-state index is 0.0195. The maximum atomic E-state index is 10.9. The van der Waals surface area contributed by atoms with Crippen LogP contribution in [0.5, 0.6) is 0 Å². The average Bonchev–Trinajstić information content (AvgIpc) is 3.57. The van der Waals surface area contributed by atoms with Gasteiger partial charge in [-0.1, -0.05) is 54.6 Å². The number of likely N-dealkylation sites (tertiary alicyclic amines) is 1. The molecule has 1 aliphatic rings. The molecule has 2 aromatic carbocycles. The molecule has 0 spiro atoms. The second-order valence-electron chi connectivity index (χ2n) is 10.2. The summed E-state index contributed by atoms with van der Waals surface area (Å²) in [6, 6.07) is 25.0. The molecule has 0 saturated carbocycles. The summed E-state index contributed by atoms with van der Waals surface area (Å²) in [7, 11) is 0. The Kier molecular flexibility index (Phi) is 7.45. The highest BCUT2D eigenvalue weighted by molar-refractivity contribution is 5.83. The number of H-pyrrole nitrogens is 1. The van der Waals surface area contributed by atoms with Crippen LogP contribution in [-0.2, 0) is 24.2 Å². The first-order valence-corrected chi connectivity index (χ1v) is 13.6. The van der Waals surface area contributed by atoms with Gasteiger partial charge in [0.1, 0.15) is 5.82 Å². The lowest BCUT2D eigenvalue weighted by atomic mass is 9.98. The van der Waals surface area contributed by atoms with Gasteiger partial charge in [-0.15, -0.1) is 10.2 Å². The van der Waals surface area contributed by atoms with Gasteiger partial charge in [-0.25, -0.2) is 0 Å². The van der Waals surface area contributed by atoms with Gasteiger partial charge in [-0.05, 0) is 48.6 Å². The zero-order chi connectivity index (χ0) is 26.4. The van der Waals surface area contributed by atoms with E-state index in [9.17, 15) is 4.79 Å². The maximum absolute atomic E-state index is 10.9. The van der Waals surface area contributed by atoms with Crippen LogP contribution >= 0.6 is 0 Å². The van der Waals surface area contributed by atoms with Gasteiger partial charge < -0.3 is 14.9 Å². The van der Waals surface area contributed by atoms with Gasteiger partial charge in [-0.2, -0.15) is 0 Å². The fourth-order valence-corrected chi connectivity index (χ4v) is 5.66. The second-order valence-corrected chi connectivity index (χ2v) is 10.2. The Morgan fingerprint density at radius 1 is 0.974 bits per heavy atom. The van der Waals surface area contributed by atoms with Gasteiger partial charge in [0.2, 0.25) is 0 Å². The van der Waals surface area contributed by atoms with Crippen molar-refractivity contribution < 1.29 is 4.79 Å². The molecule has 5 aromatic rings. The first-order chi connectivity index (χ1) is 19.3. The Morgan fingerprint density at radius 3 is 2.56 bits per heavy atom. The van der Waals surface area contributed by atoms with E-state index < -0.39 is 0 Å². The molecule has 0 unspecified atom stereocenters. The summed E-state index contributed by atoms with van der Waals surface area (Å²) in [5, 5.41) is 13.7. The molecule has 1 radical (unpaired) electrons. The molecule has 1 atom stereocenters. The number of fused-ring (bicyclic) bond motifs is 1. The molecule has 4 heterocycles. The van der Waals surface area contributed by atoms with Crippen LogP contribution in [0, 0.1) is 0 Å². The van der Waals surface area contributed by atoms with Crippen molar-refractivity contribution in [1.82, 2.24) is 34.9 Å². The number of nitrogens with one attached hydrogen (secondary N) is 2. The number of benzene rings is 2. The van der Waals surface area contributed by atoms with Crippen LogP contribution in [-0.4, -0.2) is 55.2 Å². The fourth-order valence-electron chi connectivity index (χ4n) is 5.66. The first kappa shape index (κ1) is 25.0. The van der Waals surface area contributed by atoms with Crippen molar-refractivity contribution in [2.24, 2.45) is 0 Å². The summed E-state index contributed by atoms with van der Waals surface area (Å²) in [6.45, 7) is 2.32. The van der Waals surface area contributed by atoms with E-state index in [2.05, 4.69) is 85.5 Å². The topological polar surface area (TPSA) is 91.7 Å². The molecule has 6 rings (SSSR count). The van der Waals surface area contributed by atoms with Gasteiger partial charge in [-0.3, -0.25) is 14.7 Å². The molecule has 2 N–H and O–H groups in total. The molecule has 0 bridgehead atoms. The van der Waals surface area contributed by atoms with Gasteiger partial charge >= 0.3 is 6.41 Å². The van der Waals surface area contributed by atoms with Crippen molar-refractivity contribution >= 4 is 17.3 Å². The molecule has 1 amide bonds. The Morgan fingerprint density at radius 2 is 1.77 bits per heavy atom. The highest BCUT2D eigenvalue weighted by atomic mass is 16.1. The lowest BCUT2D eigenvalue weighted by Crippen LogP contribution is -2.44. The molecule has 197 valence electrons. The summed E-state index contributed by atoms with van der Waals surface area (Å²) in [6.07, 6.45) is 9.09. The van der Waals surface area contributed by atoms with E-state index in [1.54, 1.807) is 0 Å². The summed E-state index contributed by atoms with van der Waals surface area (Å²) < 4.78 is 2.26. The molecule has 1 saturated heterocycles. The first-order valence-electron chi connectivity index (χ1n) is 13.6. The van der Waals surface area contributed by atoms with E-state index in [-0.39, 0.29) is 12.1 Å². The van der Waals surface area contributed by atoms with Crippen LogP contribution in [0.3, 0.4) is 0 Å². The van der Waals surface area contributed by atoms with Crippen molar-refractivity contribution in [2.75, 3.05) is 13.1 Å². The third kappa shape index (κ3) is 5.61. The van der Waals surface area contributed by atoms with E-state index in [1.807, 2.05) is 30.8 Å². The number of rotatable bonds is 10. The lowest BCUT2D eigenvalue weighted by Gasteiger charge is -2.37. The Labute approximate surface area is 228 Å². The van der Waals surface area contributed by atoms with E-state index >= 15 is 0 Å². The van der Waals surface area contributed by atoms with Crippen molar-refractivity contribution in [3.63, 3.8) is 0 Å². The van der Waals surface area contributed by atoms with Crippen LogP contribution < -0.4 is 5.32 Å². The Balaban J connectivity index is 1.39. The quantitative estimate of drug-likeness (QED) is 0.271. The number of hydrogen-bond donors (Lipinski definition) is 2. The number of hydrogen-bond acceptors (Lipinski definition) is 5. The number of aromatic amines is 1. The number of para-hydroxylation sites is 1. The van der Waals surface area contributed by atoms with E-state index in [0.717, 1.165) is 55.2 Å². The van der Waals surface area contributed by atoms with Crippen molar-refractivity contribution in [2.45, 2.75) is 44.3 Å².